The van der Waals surface area contributed by atoms with Crippen molar-refractivity contribution in [3.63, 3.8) is 0 Å². The Hall–Kier alpha value is -1.06. The van der Waals surface area contributed by atoms with Gasteiger partial charge in [0.1, 0.15) is 5.82 Å². The second kappa shape index (κ2) is 7.05. The summed E-state index contributed by atoms with van der Waals surface area (Å²) in [5.74, 6) is -1.46. The molecule has 10 heteroatoms. The van der Waals surface area contributed by atoms with E-state index in [1.165, 1.54) is 4.90 Å². The molecule has 1 atom stereocenters. The number of nitrogens with one attached hydrogen (secondary N) is 1. The largest absolute Gasteiger partial charge is 0.416 e. The van der Waals surface area contributed by atoms with Crippen molar-refractivity contribution in [1.29, 1.82) is 0 Å². The summed E-state index contributed by atoms with van der Waals surface area (Å²) in [6.45, 7) is 0.754. The minimum Gasteiger partial charge on any atom is -0.314 e. The monoisotopic (exact) mass is 378 g/mol. The van der Waals surface area contributed by atoms with Crippen molar-refractivity contribution >= 4 is 11.6 Å². The van der Waals surface area contributed by atoms with Gasteiger partial charge >= 0.3 is 12.4 Å². The molecule has 24 heavy (non-hydrogen) atoms. The highest BCUT2D eigenvalue weighted by molar-refractivity contribution is 6.30. The molecule has 2 nitrogen and oxygen atoms in total. The van der Waals surface area contributed by atoms with Gasteiger partial charge in [-0.25, -0.2) is 4.39 Å². The molecular formula is C14H14ClF7N2. The van der Waals surface area contributed by atoms with Crippen LogP contribution in [0.2, 0.25) is 5.02 Å². The first-order valence-electron chi connectivity index (χ1n) is 7.07. The molecule has 1 aliphatic rings. The van der Waals surface area contributed by atoms with Crippen LogP contribution in [0, 0.1) is 5.82 Å². The van der Waals surface area contributed by atoms with Gasteiger partial charge in [0.25, 0.3) is 0 Å². The van der Waals surface area contributed by atoms with Gasteiger partial charge < -0.3 is 5.32 Å². The molecule has 0 radical (unpaired) electrons. The van der Waals surface area contributed by atoms with E-state index < -0.39 is 46.8 Å². The van der Waals surface area contributed by atoms with Gasteiger partial charge in [0.2, 0.25) is 0 Å². The van der Waals surface area contributed by atoms with Crippen LogP contribution in [0.25, 0.3) is 0 Å². The van der Waals surface area contributed by atoms with E-state index in [1.54, 1.807) is 0 Å². The van der Waals surface area contributed by atoms with Gasteiger partial charge in [0.15, 0.2) is 0 Å². The molecule has 1 heterocycles. The fraction of sp³-hybridized carbons (Fsp3) is 0.571. The molecule has 0 bridgehead atoms. The molecule has 1 aliphatic heterocycles. The molecule has 136 valence electrons. The second-order valence-electron chi connectivity index (χ2n) is 5.44. The van der Waals surface area contributed by atoms with Crippen molar-refractivity contribution in [3.05, 3.63) is 34.1 Å². The van der Waals surface area contributed by atoms with Gasteiger partial charge in [-0.3, -0.25) is 4.90 Å². The maximum Gasteiger partial charge on any atom is 0.416 e. The molecule has 0 amide bonds. The summed E-state index contributed by atoms with van der Waals surface area (Å²) in [5.41, 5.74) is -2.48. The SMILES string of the molecule is Fc1c(Cl)ccc(C(F)(F)F)c1[C@@H](CC(F)(F)F)N1CCNCC1. The van der Waals surface area contributed by atoms with Crippen LogP contribution in [-0.4, -0.2) is 37.3 Å². The summed E-state index contributed by atoms with van der Waals surface area (Å²) in [6.07, 6.45) is -11.3. The molecule has 0 unspecified atom stereocenters. The Balaban J connectivity index is 2.57. The number of nitrogens with zero attached hydrogens (tertiary/aromatic N) is 1. The molecule has 1 fully saturated rings. The number of rotatable bonds is 3. The van der Waals surface area contributed by atoms with Crippen molar-refractivity contribution in [2.45, 2.75) is 24.8 Å². The molecule has 2 rings (SSSR count). The Morgan fingerprint density at radius 3 is 2.17 bits per heavy atom. The van der Waals surface area contributed by atoms with E-state index in [0.29, 0.717) is 25.2 Å². The van der Waals surface area contributed by atoms with Gasteiger partial charge in [0, 0.05) is 37.8 Å². The lowest BCUT2D eigenvalue weighted by atomic mass is 9.94. The molecule has 1 aromatic carbocycles. The number of hydrogen-bond acceptors (Lipinski definition) is 2. The quantitative estimate of drug-likeness (QED) is 0.784. The fourth-order valence-corrected chi connectivity index (χ4v) is 2.93. The van der Waals surface area contributed by atoms with E-state index in [9.17, 15) is 30.7 Å². The Labute approximate surface area is 138 Å². The number of hydrogen-bond donors (Lipinski definition) is 1. The first-order valence-corrected chi connectivity index (χ1v) is 7.45. The maximum atomic E-state index is 14.3. The minimum atomic E-state index is -4.99. The third kappa shape index (κ3) is 4.52. The maximum absolute atomic E-state index is 14.3. The van der Waals surface area contributed by atoms with Crippen molar-refractivity contribution in [3.8, 4) is 0 Å². The van der Waals surface area contributed by atoms with E-state index in [4.69, 9.17) is 11.6 Å². The van der Waals surface area contributed by atoms with Gasteiger partial charge in [-0.05, 0) is 12.1 Å². The van der Waals surface area contributed by atoms with E-state index in [0.717, 1.165) is 0 Å². The summed E-state index contributed by atoms with van der Waals surface area (Å²) < 4.78 is 92.7. The predicted molar refractivity (Wildman–Crippen MR) is 74.3 cm³/mol. The summed E-state index contributed by atoms with van der Waals surface area (Å²) in [5, 5.41) is 2.25. The van der Waals surface area contributed by atoms with Crippen molar-refractivity contribution < 1.29 is 30.7 Å². The van der Waals surface area contributed by atoms with Gasteiger partial charge in [-0.15, -0.1) is 0 Å². The highest BCUT2D eigenvalue weighted by Crippen LogP contribution is 2.43. The third-order valence-electron chi connectivity index (χ3n) is 3.79. The summed E-state index contributed by atoms with van der Waals surface area (Å²) in [7, 11) is 0. The van der Waals surface area contributed by atoms with Crippen LogP contribution < -0.4 is 5.32 Å². The zero-order chi connectivity index (χ0) is 18.1. The fourth-order valence-electron chi connectivity index (χ4n) is 2.77. The van der Waals surface area contributed by atoms with Gasteiger partial charge in [-0.1, -0.05) is 11.6 Å². The topological polar surface area (TPSA) is 15.3 Å². The third-order valence-corrected chi connectivity index (χ3v) is 4.08. The average molecular weight is 379 g/mol. The first kappa shape index (κ1) is 19.3. The molecule has 1 N–H and O–H groups in total. The first-order chi connectivity index (χ1) is 11.0. The van der Waals surface area contributed by atoms with Crippen LogP contribution in [0.5, 0.6) is 0 Å². The number of piperazine rings is 1. The van der Waals surface area contributed by atoms with E-state index >= 15 is 0 Å². The predicted octanol–water partition coefficient (Wildman–Crippen LogP) is 4.40. The highest BCUT2D eigenvalue weighted by atomic mass is 35.5. The molecular weight excluding hydrogens is 365 g/mol. The van der Waals surface area contributed by atoms with Gasteiger partial charge in [-0.2, -0.15) is 26.3 Å². The van der Waals surface area contributed by atoms with Crippen molar-refractivity contribution in [2.24, 2.45) is 0 Å². The van der Waals surface area contributed by atoms with Crippen LogP contribution >= 0.6 is 11.6 Å². The number of alkyl halides is 6. The normalized spacial score (nSPS) is 18.7. The van der Waals surface area contributed by atoms with E-state index in [1.807, 2.05) is 0 Å². The molecule has 0 aromatic heterocycles. The summed E-state index contributed by atoms with van der Waals surface area (Å²) in [6, 6.07) is -0.569. The minimum absolute atomic E-state index is 0.0734. The highest BCUT2D eigenvalue weighted by Gasteiger charge is 2.43. The molecule has 1 saturated heterocycles. The van der Waals surface area contributed by atoms with Crippen LogP contribution in [0.1, 0.15) is 23.6 Å². The van der Waals surface area contributed by atoms with Crippen LogP contribution in [-0.2, 0) is 6.18 Å². The Morgan fingerprint density at radius 2 is 1.67 bits per heavy atom. The Kier molecular flexibility index (Phi) is 5.66. The Bertz CT molecular complexity index is 580. The van der Waals surface area contributed by atoms with Crippen LogP contribution in [0.15, 0.2) is 12.1 Å². The van der Waals surface area contributed by atoms with E-state index in [-0.39, 0.29) is 13.1 Å². The van der Waals surface area contributed by atoms with Crippen molar-refractivity contribution in [1.82, 2.24) is 10.2 Å². The lowest BCUT2D eigenvalue weighted by Crippen LogP contribution is -2.46. The second-order valence-corrected chi connectivity index (χ2v) is 5.85. The number of halogens is 8. The molecule has 0 spiro atoms. The zero-order valence-electron chi connectivity index (χ0n) is 12.2. The molecule has 0 saturated carbocycles. The average Bonchev–Trinajstić information content (AvgIpc) is 2.46. The zero-order valence-corrected chi connectivity index (χ0v) is 13.0. The van der Waals surface area contributed by atoms with Gasteiger partial charge in [0.05, 0.1) is 17.0 Å². The standard InChI is InChI=1S/C14H14ClF7N2/c15-9-2-1-8(14(20,21)22)11(12(9)16)10(7-13(17,18)19)24-5-3-23-4-6-24/h1-2,10,23H,3-7H2/t10-/m1/s1. The van der Waals surface area contributed by atoms with Crippen LogP contribution in [0.3, 0.4) is 0 Å². The molecule has 0 aliphatic carbocycles. The van der Waals surface area contributed by atoms with Crippen molar-refractivity contribution in [2.75, 3.05) is 26.2 Å². The molecule has 1 aromatic rings. The summed E-state index contributed by atoms with van der Waals surface area (Å²) >= 11 is 5.54. The van der Waals surface area contributed by atoms with E-state index in [2.05, 4.69) is 5.32 Å². The Morgan fingerprint density at radius 1 is 1.08 bits per heavy atom. The smallest absolute Gasteiger partial charge is 0.314 e. The number of benzene rings is 1. The lowest BCUT2D eigenvalue weighted by molar-refractivity contribution is -0.153. The lowest BCUT2D eigenvalue weighted by Gasteiger charge is -2.37. The summed E-state index contributed by atoms with van der Waals surface area (Å²) in [4.78, 5) is 1.20. The van der Waals surface area contributed by atoms with Crippen LogP contribution in [0.4, 0.5) is 30.7 Å².